The molecule has 0 radical (unpaired) electrons. The summed E-state index contributed by atoms with van der Waals surface area (Å²) in [6, 6.07) is 24.2. The van der Waals surface area contributed by atoms with E-state index in [4.69, 9.17) is 0 Å². The van der Waals surface area contributed by atoms with E-state index in [2.05, 4.69) is 45.0 Å². The Kier molecular flexibility index (Phi) is 15.1. The van der Waals surface area contributed by atoms with Gasteiger partial charge in [0.15, 0.2) is 0 Å². The number of phenols is 6. The van der Waals surface area contributed by atoms with Crippen molar-refractivity contribution in [2.24, 2.45) is 0 Å². The van der Waals surface area contributed by atoms with E-state index in [9.17, 15) is 30.6 Å². The summed E-state index contributed by atoms with van der Waals surface area (Å²) < 4.78 is 0. The number of phenolic OH excluding ortho intramolecular Hbond substituents is 6. The smallest absolute Gasteiger partial charge is 0.122 e. The Hall–Kier alpha value is -5.88. The molecule has 348 valence electrons. The predicted octanol–water partition coefficient (Wildman–Crippen LogP) is 14.5. The van der Waals surface area contributed by atoms with Crippen molar-refractivity contribution in [3.05, 3.63) is 173 Å². The highest BCUT2D eigenvalue weighted by atomic mass is 16.3. The van der Waals surface area contributed by atoms with E-state index in [0.717, 1.165) is 126 Å². The number of hydrogen-bond acceptors (Lipinski definition) is 6. The minimum atomic E-state index is 0.225. The quantitative estimate of drug-likeness (QED) is 0.0815. The first-order valence-electron chi connectivity index (χ1n) is 24.3. The Morgan fingerprint density at radius 1 is 0.288 bits per heavy atom. The lowest BCUT2D eigenvalue weighted by Gasteiger charge is -2.25. The third-order valence-corrected chi connectivity index (χ3v) is 14.2. The zero-order chi connectivity index (χ0) is 47.4. The summed E-state index contributed by atoms with van der Waals surface area (Å²) in [4.78, 5) is 0. The minimum absolute atomic E-state index is 0.225. The second kappa shape index (κ2) is 20.7. The molecule has 2 fully saturated rings. The van der Waals surface area contributed by atoms with Crippen LogP contribution < -0.4 is 0 Å². The van der Waals surface area contributed by atoms with E-state index in [1.165, 1.54) is 38.5 Å². The standard InChI is InChI=1S/C35H44O3.C25H28O3/c1-22-14-27(20-29-16-23(2)18-31(34(29)37)25-10-6-4-7-11-25)33(36)28(15-22)21-30-17-24(3)19-32(35(30)38)26-12-8-5-9-13-26;1-14-6-17(4)23(26)19(8-14)12-21-10-16(3)11-22(25(21)28)13-20-9-15(2)7-18(5)24(20)27/h14-19,25-26,36-38H,4-13,20-21H2,1-3H3;6-11,26-28H,12-13H2,1-5H3. The summed E-state index contributed by atoms with van der Waals surface area (Å²) in [7, 11) is 0. The lowest BCUT2D eigenvalue weighted by atomic mass is 9.81. The fourth-order valence-corrected chi connectivity index (χ4v) is 11.1. The van der Waals surface area contributed by atoms with E-state index in [0.29, 0.717) is 49.0 Å². The van der Waals surface area contributed by atoms with E-state index >= 15 is 0 Å². The fraction of sp³-hybridized carbons (Fsp3) is 0.400. The van der Waals surface area contributed by atoms with Crippen molar-refractivity contribution in [2.75, 3.05) is 0 Å². The van der Waals surface area contributed by atoms with Gasteiger partial charge in [0.2, 0.25) is 0 Å². The van der Waals surface area contributed by atoms with Crippen LogP contribution in [0.1, 0.15) is 176 Å². The molecule has 0 heterocycles. The molecule has 6 heteroatoms. The molecule has 0 amide bonds. The molecule has 66 heavy (non-hydrogen) atoms. The Bertz CT molecular complexity index is 2540. The van der Waals surface area contributed by atoms with Crippen molar-refractivity contribution < 1.29 is 30.6 Å². The van der Waals surface area contributed by atoms with Crippen LogP contribution in [0.2, 0.25) is 0 Å². The van der Waals surface area contributed by atoms with Gasteiger partial charge in [0, 0.05) is 25.7 Å². The zero-order valence-corrected chi connectivity index (χ0v) is 40.7. The molecule has 0 aromatic heterocycles. The molecule has 6 nitrogen and oxygen atoms in total. The highest BCUT2D eigenvalue weighted by Gasteiger charge is 2.24. The van der Waals surface area contributed by atoms with Gasteiger partial charge in [-0.15, -0.1) is 0 Å². The van der Waals surface area contributed by atoms with Gasteiger partial charge in [0.05, 0.1) is 0 Å². The maximum Gasteiger partial charge on any atom is 0.122 e. The molecule has 2 saturated carbocycles. The average molecular weight is 889 g/mol. The van der Waals surface area contributed by atoms with Crippen molar-refractivity contribution in [1.29, 1.82) is 0 Å². The number of benzene rings is 6. The van der Waals surface area contributed by atoms with E-state index in [1.807, 2.05) is 83.1 Å². The molecule has 6 aromatic carbocycles. The van der Waals surface area contributed by atoms with Crippen LogP contribution in [0.25, 0.3) is 0 Å². The minimum Gasteiger partial charge on any atom is -0.507 e. The Morgan fingerprint density at radius 2 is 0.515 bits per heavy atom. The van der Waals surface area contributed by atoms with Crippen LogP contribution in [-0.2, 0) is 25.7 Å². The topological polar surface area (TPSA) is 121 Å². The van der Waals surface area contributed by atoms with E-state index < -0.39 is 0 Å². The largest absolute Gasteiger partial charge is 0.507 e. The molecular weight excluding hydrogens is 817 g/mol. The Balaban J connectivity index is 0.000000206. The first kappa shape index (κ1) is 48.1. The summed E-state index contributed by atoms with van der Waals surface area (Å²) >= 11 is 0. The van der Waals surface area contributed by atoms with Gasteiger partial charge in [0.1, 0.15) is 34.5 Å². The molecule has 0 aliphatic heterocycles. The second-order valence-electron chi connectivity index (χ2n) is 20.1. The Morgan fingerprint density at radius 3 is 0.803 bits per heavy atom. The van der Waals surface area contributed by atoms with Gasteiger partial charge in [-0.2, -0.15) is 0 Å². The predicted molar refractivity (Wildman–Crippen MR) is 269 cm³/mol. The van der Waals surface area contributed by atoms with Crippen LogP contribution in [0.15, 0.2) is 72.8 Å². The highest BCUT2D eigenvalue weighted by Crippen LogP contribution is 2.43. The zero-order valence-electron chi connectivity index (χ0n) is 40.7. The molecule has 6 aromatic rings. The van der Waals surface area contributed by atoms with Crippen LogP contribution in [-0.4, -0.2) is 30.6 Å². The molecule has 2 aliphatic carbocycles. The van der Waals surface area contributed by atoms with Crippen molar-refractivity contribution in [1.82, 2.24) is 0 Å². The molecule has 2 aliphatic rings. The third-order valence-electron chi connectivity index (χ3n) is 14.2. The van der Waals surface area contributed by atoms with Crippen LogP contribution in [0.3, 0.4) is 0 Å². The number of aromatic hydroxyl groups is 6. The molecule has 6 N–H and O–H groups in total. The van der Waals surface area contributed by atoms with Crippen LogP contribution in [0.5, 0.6) is 34.5 Å². The van der Waals surface area contributed by atoms with Gasteiger partial charge >= 0.3 is 0 Å². The van der Waals surface area contributed by atoms with Gasteiger partial charge in [-0.1, -0.05) is 145 Å². The first-order valence-corrected chi connectivity index (χ1v) is 24.3. The average Bonchev–Trinajstić information content (AvgIpc) is 3.27. The third kappa shape index (κ3) is 11.2. The molecule has 0 bridgehead atoms. The number of hydrogen-bond donors (Lipinski definition) is 6. The normalized spacial score (nSPS) is 14.5. The van der Waals surface area contributed by atoms with Crippen molar-refractivity contribution in [3.63, 3.8) is 0 Å². The Labute approximate surface area is 393 Å². The van der Waals surface area contributed by atoms with E-state index in [-0.39, 0.29) is 23.0 Å². The maximum atomic E-state index is 11.4. The summed E-state index contributed by atoms with van der Waals surface area (Å²) in [6.45, 7) is 16.0. The summed E-state index contributed by atoms with van der Waals surface area (Å²) in [5, 5.41) is 65.8. The van der Waals surface area contributed by atoms with Crippen LogP contribution >= 0.6 is 0 Å². The van der Waals surface area contributed by atoms with Gasteiger partial charge < -0.3 is 30.6 Å². The molecule has 0 saturated heterocycles. The monoisotopic (exact) mass is 889 g/mol. The van der Waals surface area contributed by atoms with Gasteiger partial charge in [-0.25, -0.2) is 0 Å². The fourth-order valence-electron chi connectivity index (χ4n) is 11.1. The molecule has 0 spiro atoms. The maximum absolute atomic E-state index is 11.4. The lowest BCUT2D eigenvalue weighted by molar-refractivity contribution is 0.411. The van der Waals surface area contributed by atoms with Gasteiger partial charge in [-0.3, -0.25) is 0 Å². The SMILES string of the molecule is Cc1cc(C)c(O)c(Cc2cc(C)cc(Cc3cc(C)cc(C)c3O)c2O)c1.Cc1cc(Cc2cc(C)cc(C3CCCCC3)c2O)c(O)c(Cc2cc(C)cc(C3CCCCC3)c2O)c1. The van der Waals surface area contributed by atoms with Gasteiger partial charge in [-0.05, 0) is 160 Å². The van der Waals surface area contributed by atoms with Crippen molar-refractivity contribution in [2.45, 2.75) is 157 Å². The molecule has 0 atom stereocenters. The van der Waals surface area contributed by atoms with Crippen molar-refractivity contribution >= 4 is 0 Å². The highest BCUT2D eigenvalue weighted by molar-refractivity contribution is 5.56. The summed E-state index contributed by atoms with van der Waals surface area (Å²) in [5.41, 5.74) is 17.0. The summed E-state index contributed by atoms with van der Waals surface area (Å²) in [5.74, 6) is 2.70. The van der Waals surface area contributed by atoms with Crippen LogP contribution in [0.4, 0.5) is 0 Å². The lowest BCUT2D eigenvalue weighted by Crippen LogP contribution is -2.07. The first-order chi connectivity index (χ1) is 31.4. The van der Waals surface area contributed by atoms with Gasteiger partial charge in [0.25, 0.3) is 0 Å². The van der Waals surface area contributed by atoms with E-state index in [1.54, 1.807) is 0 Å². The number of rotatable bonds is 10. The van der Waals surface area contributed by atoms with Crippen LogP contribution in [0, 0.1) is 55.4 Å². The van der Waals surface area contributed by atoms with Crippen molar-refractivity contribution in [3.8, 4) is 34.5 Å². The summed E-state index contributed by atoms with van der Waals surface area (Å²) in [6.07, 6.45) is 13.9. The molecule has 0 unspecified atom stereocenters. The molecular formula is C60H72O6. The molecule has 8 rings (SSSR count). The second-order valence-corrected chi connectivity index (χ2v) is 20.1. The number of aryl methyl sites for hydroxylation is 8.